The number of carbonyl (C=O) groups excluding carboxylic acids is 1. The van der Waals surface area contributed by atoms with Gasteiger partial charge in [0.15, 0.2) is 5.65 Å². The first-order valence-electron chi connectivity index (χ1n) is 13.9. The number of rotatable bonds is 3. The number of nitriles is 1. The summed E-state index contributed by atoms with van der Waals surface area (Å²) < 4.78 is 21.1. The standard InChI is InChI=1S/C30H32FN7O2S/c1-18-21-7-5-6-8-22-24(28-33-25(23(17-32)41-28)19-9-11-20(31)12-10-19)27(38(18)35-22)34-26(21)36-13-15-37(16-14-36)29(39)40-30(2,3)4/h9-12H,5-8,13-16H2,1-4H3. The zero-order valence-corrected chi connectivity index (χ0v) is 24.5. The van der Waals surface area contributed by atoms with Gasteiger partial charge in [0, 0.05) is 43.0 Å². The lowest BCUT2D eigenvalue weighted by Gasteiger charge is -2.37. The van der Waals surface area contributed by atoms with Crippen LogP contribution in [-0.2, 0) is 17.6 Å². The van der Waals surface area contributed by atoms with E-state index in [1.807, 2.05) is 25.3 Å². The molecule has 3 aromatic heterocycles. The smallest absolute Gasteiger partial charge is 0.410 e. The van der Waals surface area contributed by atoms with Gasteiger partial charge in [-0.2, -0.15) is 10.4 Å². The number of hydrogen-bond acceptors (Lipinski definition) is 8. The van der Waals surface area contributed by atoms with E-state index in [0.29, 0.717) is 47.3 Å². The van der Waals surface area contributed by atoms with E-state index < -0.39 is 5.60 Å². The summed E-state index contributed by atoms with van der Waals surface area (Å²) >= 11 is 1.32. The highest BCUT2D eigenvalue weighted by atomic mass is 32.1. The van der Waals surface area contributed by atoms with E-state index in [-0.39, 0.29) is 11.9 Å². The van der Waals surface area contributed by atoms with Gasteiger partial charge in [0.25, 0.3) is 0 Å². The third-order valence-electron chi connectivity index (χ3n) is 7.55. The highest BCUT2D eigenvalue weighted by Gasteiger charge is 2.30. The molecule has 11 heteroatoms. The number of halogens is 1. The summed E-state index contributed by atoms with van der Waals surface area (Å²) in [5, 5.41) is 15.6. The van der Waals surface area contributed by atoms with Crippen molar-refractivity contribution < 1.29 is 13.9 Å². The van der Waals surface area contributed by atoms with E-state index in [1.54, 1.807) is 17.0 Å². The maximum absolute atomic E-state index is 13.6. The second kappa shape index (κ2) is 10.4. The second-order valence-electron chi connectivity index (χ2n) is 11.5. The van der Waals surface area contributed by atoms with Gasteiger partial charge in [-0.25, -0.2) is 23.7 Å². The minimum absolute atomic E-state index is 0.289. The number of piperazine rings is 1. The van der Waals surface area contributed by atoms with Crippen LogP contribution in [0.1, 0.15) is 55.4 Å². The fourth-order valence-electron chi connectivity index (χ4n) is 5.52. The van der Waals surface area contributed by atoms with Gasteiger partial charge >= 0.3 is 6.09 Å². The van der Waals surface area contributed by atoms with E-state index in [9.17, 15) is 14.4 Å². The van der Waals surface area contributed by atoms with Crippen molar-refractivity contribution in [2.24, 2.45) is 0 Å². The fourth-order valence-corrected chi connectivity index (χ4v) is 6.47. The molecule has 1 fully saturated rings. The molecule has 5 heterocycles. The van der Waals surface area contributed by atoms with Crippen LogP contribution in [0.15, 0.2) is 24.3 Å². The van der Waals surface area contributed by atoms with Gasteiger partial charge in [-0.05, 0) is 77.6 Å². The first-order chi connectivity index (χ1) is 19.6. The molecular formula is C30H32FN7O2S. The van der Waals surface area contributed by atoms with E-state index in [4.69, 9.17) is 19.8 Å². The zero-order valence-electron chi connectivity index (χ0n) is 23.7. The zero-order chi connectivity index (χ0) is 28.9. The monoisotopic (exact) mass is 573 g/mol. The van der Waals surface area contributed by atoms with E-state index >= 15 is 0 Å². The van der Waals surface area contributed by atoms with Gasteiger partial charge in [0.1, 0.15) is 33.2 Å². The summed E-state index contributed by atoms with van der Waals surface area (Å²) in [6.07, 6.45) is 3.39. The van der Waals surface area contributed by atoms with Gasteiger partial charge in [-0.15, -0.1) is 11.3 Å². The molecule has 1 aromatic carbocycles. The number of ether oxygens (including phenoxy) is 1. The molecule has 0 N–H and O–H groups in total. The minimum atomic E-state index is -0.535. The fraction of sp³-hybridized carbons (Fsp3) is 0.433. The number of anilines is 1. The van der Waals surface area contributed by atoms with Crippen molar-refractivity contribution in [3.05, 3.63) is 51.9 Å². The lowest BCUT2D eigenvalue weighted by atomic mass is 10.0. The van der Waals surface area contributed by atoms with E-state index in [1.165, 1.54) is 29.0 Å². The Balaban J connectivity index is 1.41. The first kappa shape index (κ1) is 27.1. The Hall–Kier alpha value is -4.04. The van der Waals surface area contributed by atoms with Gasteiger partial charge in [0.2, 0.25) is 0 Å². The highest BCUT2D eigenvalue weighted by molar-refractivity contribution is 7.16. The Morgan fingerprint density at radius 3 is 2.46 bits per heavy atom. The third kappa shape index (κ3) is 5.12. The molecular weight excluding hydrogens is 541 g/mol. The SMILES string of the molecule is Cc1c2c(N3CCN(C(=O)OC(C)(C)C)CC3)nc3c(-c4nc(-c5ccc(F)cc5)c(C#N)s4)c(nn13)CCCC2. The predicted molar refractivity (Wildman–Crippen MR) is 156 cm³/mol. The maximum Gasteiger partial charge on any atom is 0.410 e. The van der Waals surface area contributed by atoms with Crippen LogP contribution in [0.2, 0.25) is 0 Å². The van der Waals surface area contributed by atoms with Crippen molar-refractivity contribution >= 4 is 28.9 Å². The first-order valence-corrected chi connectivity index (χ1v) is 14.8. The summed E-state index contributed by atoms with van der Waals surface area (Å²) in [5.74, 6) is 0.585. The number of fused-ring (bicyclic) bond motifs is 2. The molecule has 0 aliphatic carbocycles. The Labute approximate surface area is 242 Å². The number of amides is 1. The molecule has 1 amide bonds. The van der Waals surface area contributed by atoms with Gasteiger partial charge in [-0.1, -0.05) is 0 Å². The summed E-state index contributed by atoms with van der Waals surface area (Å²) in [6, 6.07) is 8.33. The number of aryl methyl sites for hydroxylation is 2. The Morgan fingerprint density at radius 1 is 1.07 bits per heavy atom. The van der Waals surface area contributed by atoms with Gasteiger partial charge < -0.3 is 14.5 Å². The van der Waals surface area contributed by atoms with Crippen molar-refractivity contribution in [2.75, 3.05) is 31.1 Å². The molecule has 9 nitrogen and oxygen atoms in total. The molecule has 212 valence electrons. The van der Waals surface area contributed by atoms with Crippen LogP contribution in [0.4, 0.5) is 15.0 Å². The number of carbonyl (C=O) groups is 1. The number of thiazole rings is 1. The topological polar surface area (TPSA) is 99.6 Å². The van der Waals surface area contributed by atoms with Crippen LogP contribution >= 0.6 is 11.3 Å². The third-order valence-corrected chi connectivity index (χ3v) is 8.53. The molecule has 2 aliphatic rings. The number of aromatic nitrogens is 4. The molecule has 0 unspecified atom stereocenters. The molecule has 1 saturated heterocycles. The Morgan fingerprint density at radius 2 is 1.78 bits per heavy atom. The largest absolute Gasteiger partial charge is 0.444 e. The van der Waals surface area contributed by atoms with E-state index in [2.05, 4.69) is 17.9 Å². The van der Waals surface area contributed by atoms with Crippen LogP contribution in [0.5, 0.6) is 0 Å². The molecule has 41 heavy (non-hydrogen) atoms. The molecule has 0 radical (unpaired) electrons. The molecule has 4 aromatic rings. The number of benzene rings is 1. The average Bonchev–Trinajstić information content (AvgIpc) is 3.54. The quantitative estimate of drug-likeness (QED) is 0.307. The summed E-state index contributed by atoms with van der Waals surface area (Å²) in [6.45, 7) is 10.1. The van der Waals surface area contributed by atoms with Crippen LogP contribution in [0.25, 0.3) is 27.5 Å². The lowest BCUT2D eigenvalue weighted by Crippen LogP contribution is -2.50. The van der Waals surface area contributed by atoms with Gasteiger partial charge in [-0.3, -0.25) is 0 Å². The predicted octanol–water partition coefficient (Wildman–Crippen LogP) is 5.77. The molecule has 6 rings (SSSR count). The average molecular weight is 574 g/mol. The van der Waals surface area contributed by atoms with Crippen molar-refractivity contribution in [3.8, 4) is 27.9 Å². The van der Waals surface area contributed by atoms with Crippen molar-refractivity contribution in [3.63, 3.8) is 0 Å². The van der Waals surface area contributed by atoms with Crippen LogP contribution in [0.3, 0.4) is 0 Å². The molecule has 0 atom stereocenters. The summed E-state index contributed by atoms with van der Waals surface area (Å²) in [4.78, 5) is 27.2. The van der Waals surface area contributed by atoms with E-state index in [0.717, 1.165) is 54.1 Å². The van der Waals surface area contributed by atoms with Crippen molar-refractivity contribution in [1.82, 2.24) is 24.5 Å². The van der Waals surface area contributed by atoms with Crippen molar-refractivity contribution in [1.29, 1.82) is 5.26 Å². The second-order valence-corrected chi connectivity index (χ2v) is 12.5. The summed E-state index contributed by atoms with van der Waals surface area (Å²) in [7, 11) is 0. The van der Waals surface area contributed by atoms with Gasteiger partial charge in [0.05, 0.1) is 17.0 Å². The Kier molecular flexibility index (Phi) is 6.90. The maximum atomic E-state index is 13.6. The molecule has 0 saturated carbocycles. The van der Waals surface area contributed by atoms with Crippen LogP contribution < -0.4 is 4.90 Å². The molecule has 2 aliphatic heterocycles. The number of hydrogen-bond donors (Lipinski definition) is 0. The van der Waals surface area contributed by atoms with Crippen LogP contribution in [-0.4, -0.2) is 62.4 Å². The lowest BCUT2D eigenvalue weighted by molar-refractivity contribution is 0.0240. The van der Waals surface area contributed by atoms with Crippen molar-refractivity contribution in [2.45, 2.75) is 59.0 Å². The summed E-state index contributed by atoms with van der Waals surface area (Å²) in [5.41, 5.74) is 5.41. The highest BCUT2D eigenvalue weighted by Crippen LogP contribution is 2.39. The number of nitrogens with zero attached hydrogens (tertiary/aromatic N) is 7. The minimum Gasteiger partial charge on any atom is -0.444 e. The molecule has 3 bridgehead atoms. The van der Waals surface area contributed by atoms with Crippen LogP contribution in [0, 0.1) is 24.1 Å². The normalized spacial score (nSPS) is 15.6. The molecule has 0 spiro atoms. The Bertz CT molecular complexity index is 1670.